The Morgan fingerprint density at radius 3 is 2.33 bits per heavy atom. The van der Waals surface area contributed by atoms with E-state index in [1.54, 1.807) is 10.9 Å². The zero-order valence-electron chi connectivity index (χ0n) is 11.0. The topological polar surface area (TPSA) is 35.6 Å². The smallest absolute Gasteiger partial charge is 0.238 e. The number of halogens is 2. The molecule has 18 heavy (non-hydrogen) atoms. The van der Waals surface area contributed by atoms with Crippen LogP contribution in [0.5, 0.6) is 0 Å². The fraction of sp³-hybridized carbons (Fsp3) is 0.500. The molecule has 0 saturated carbocycles. The molecule has 0 fully saturated rings. The van der Waals surface area contributed by atoms with Gasteiger partial charge in [0.25, 0.3) is 0 Å². The van der Waals surface area contributed by atoms with E-state index < -0.39 is 6.55 Å². The van der Waals surface area contributed by atoms with Crippen LogP contribution in [0.25, 0.3) is 5.69 Å². The minimum atomic E-state index is -2.62. The maximum Gasteiger partial charge on any atom is 0.333 e. The standard InChI is InChI=1S/C10H12F2N4.C2H6/c1-7(2)9-3-4-15(14-9)8-5-13-16(6-8)10(11)12;1-2/h3-7,10H,1-2H3;1-2H3. The van der Waals surface area contributed by atoms with E-state index in [-0.39, 0.29) is 0 Å². The molecule has 0 N–H and O–H groups in total. The first-order valence-corrected chi connectivity index (χ1v) is 5.96. The monoisotopic (exact) mass is 256 g/mol. The molecule has 2 aromatic heterocycles. The summed E-state index contributed by atoms with van der Waals surface area (Å²) in [4.78, 5) is 0. The number of alkyl halides is 2. The van der Waals surface area contributed by atoms with Crippen LogP contribution in [0.4, 0.5) is 8.78 Å². The number of hydrogen-bond donors (Lipinski definition) is 0. The van der Waals surface area contributed by atoms with Crippen molar-refractivity contribution in [3.05, 3.63) is 30.4 Å². The van der Waals surface area contributed by atoms with Gasteiger partial charge in [0.2, 0.25) is 0 Å². The Labute approximate surface area is 105 Å². The Hall–Kier alpha value is -1.72. The van der Waals surface area contributed by atoms with Crippen LogP contribution < -0.4 is 0 Å². The largest absolute Gasteiger partial charge is 0.333 e. The van der Waals surface area contributed by atoms with Crippen molar-refractivity contribution in [2.75, 3.05) is 0 Å². The second kappa shape index (κ2) is 6.28. The van der Waals surface area contributed by atoms with Crippen molar-refractivity contribution in [3.63, 3.8) is 0 Å². The van der Waals surface area contributed by atoms with E-state index in [4.69, 9.17) is 0 Å². The van der Waals surface area contributed by atoms with Gasteiger partial charge >= 0.3 is 6.55 Å². The van der Waals surface area contributed by atoms with Gasteiger partial charge in [0, 0.05) is 6.20 Å². The van der Waals surface area contributed by atoms with E-state index in [9.17, 15) is 8.78 Å². The molecule has 100 valence electrons. The minimum Gasteiger partial charge on any atom is -0.238 e. The zero-order valence-corrected chi connectivity index (χ0v) is 11.0. The molecule has 0 atom stereocenters. The average molecular weight is 256 g/mol. The number of nitrogens with zero attached hydrogens (tertiary/aromatic N) is 4. The molecule has 0 radical (unpaired) electrons. The van der Waals surface area contributed by atoms with Gasteiger partial charge in [0.15, 0.2) is 0 Å². The van der Waals surface area contributed by atoms with Crippen LogP contribution in [0.1, 0.15) is 45.9 Å². The summed E-state index contributed by atoms with van der Waals surface area (Å²) in [5.74, 6) is 0.311. The molecule has 0 bridgehead atoms. The Bertz CT molecular complexity index is 430. The first-order chi connectivity index (χ1) is 8.58. The lowest BCUT2D eigenvalue weighted by molar-refractivity contribution is 0.0566. The number of rotatable bonds is 3. The van der Waals surface area contributed by atoms with E-state index in [0.717, 1.165) is 5.69 Å². The molecule has 0 aromatic carbocycles. The van der Waals surface area contributed by atoms with Gasteiger partial charge in [-0.15, -0.1) is 0 Å². The van der Waals surface area contributed by atoms with Gasteiger partial charge in [-0.25, -0.2) is 9.36 Å². The summed E-state index contributed by atoms with van der Waals surface area (Å²) < 4.78 is 26.7. The van der Waals surface area contributed by atoms with Crippen LogP contribution in [-0.4, -0.2) is 19.6 Å². The molecule has 0 aliphatic heterocycles. The fourth-order valence-corrected chi connectivity index (χ4v) is 1.34. The molecule has 0 aliphatic carbocycles. The van der Waals surface area contributed by atoms with Crippen LogP contribution in [0.3, 0.4) is 0 Å². The first kappa shape index (κ1) is 14.3. The molecule has 4 nitrogen and oxygen atoms in total. The van der Waals surface area contributed by atoms with Crippen molar-refractivity contribution in [2.24, 2.45) is 0 Å². The van der Waals surface area contributed by atoms with E-state index in [1.165, 1.54) is 12.4 Å². The van der Waals surface area contributed by atoms with E-state index in [2.05, 4.69) is 10.2 Å². The van der Waals surface area contributed by atoms with Crippen LogP contribution in [0.15, 0.2) is 24.7 Å². The molecule has 0 spiro atoms. The lowest BCUT2D eigenvalue weighted by Gasteiger charge is -1.99. The van der Waals surface area contributed by atoms with Gasteiger partial charge in [-0.3, -0.25) is 0 Å². The van der Waals surface area contributed by atoms with Gasteiger partial charge in [-0.2, -0.15) is 19.0 Å². The lowest BCUT2D eigenvalue weighted by atomic mass is 10.1. The predicted octanol–water partition coefficient (Wildman–Crippen LogP) is 3.61. The highest BCUT2D eigenvalue weighted by molar-refractivity contribution is 5.25. The van der Waals surface area contributed by atoms with Crippen molar-refractivity contribution >= 4 is 0 Å². The van der Waals surface area contributed by atoms with E-state index >= 15 is 0 Å². The molecule has 0 saturated heterocycles. The molecule has 6 heteroatoms. The number of hydrogen-bond acceptors (Lipinski definition) is 2. The summed E-state index contributed by atoms with van der Waals surface area (Å²) in [6.45, 7) is 5.43. The van der Waals surface area contributed by atoms with Crippen molar-refractivity contribution in [2.45, 2.75) is 40.2 Å². The Balaban J connectivity index is 0.000000771. The normalized spacial score (nSPS) is 10.7. The molecule has 2 rings (SSSR count). The maximum absolute atomic E-state index is 12.3. The number of aromatic nitrogens is 4. The fourth-order valence-electron chi connectivity index (χ4n) is 1.34. The van der Waals surface area contributed by atoms with E-state index in [0.29, 0.717) is 16.3 Å². The van der Waals surface area contributed by atoms with Crippen molar-refractivity contribution in [1.82, 2.24) is 19.6 Å². The second-order valence-electron chi connectivity index (χ2n) is 3.80. The molecular formula is C12H18F2N4. The third-order valence-electron chi connectivity index (χ3n) is 2.25. The summed E-state index contributed by atoms with van der Waals surface area (Å²) in [5.41, 5.74) is 1.46. The van der Waals surface area contributed by atoms with E-state index in [1.807, 2.05) is 33.8 Å². The Morgan fingerprint density at radius 2 is 1.89 bits per heavy atom. The maximum atomic E-state index is 12.3. The summed E-state index contributed by atoms with van der Waals surface area (Å²) in [6, 6.07) is 1.87. The first-order valence-electron chi connectivity index (χ1n) is 5.96. The molecular weight excluding hydrogens is 238 g/mol. The summed E-state index contributed by atoms with van der Waals surface area (Å²) in [7, 11) is 0. The quantitative estimate of drug-likeness (QED) is 0.840. The molecule has 2 aromatic rings. The van der Waals surface area contributed by atoms with Crippen LogP contribution in [0.2, 0.25) is 0 Å². The third kappa shape index (κ3) is 3.15. The highest BCUT2D eigenvalue weighted by Crippen LogP contribution is 2.15. The summed E-state index contributed by atoms with van der Waals surface area (Å²) in [5, 5.41) is 7.82. The molecule has 2 heterocycles. The average Bonchev–Trinajstić information content (AvgIpc) is 3.00. The highest BCUT2D eigenvalue weighted by Gasteiger charge is 2.10. The van der Waals surface area contributed by atoms with Crippen LogP contribution in [0, 0.1) is 0 Å². The summed E-state index contributed by atoms with van der Waals surface area (Å²) >= 11 is 0. The van der Waals surface area contributed by atoms with Gasteiger partial charge in [0.05, 0.1) is 18.1 Å². The van der Waals surface area contributed by atoms with Crippen LogP contribution >= 0.6 is 0 Å². The molecule has 0 aliphatic rings. The lowest BCUT2D eigenvalue weighted by Crippen LogP contribution is -1.98. The Kier molecular flexibility index (Phi) is 5.00. The van der Waals surface area contributed by atoms with Crippen molar-refractivity contribution in [3.8, 4) is 5.69 Å². The third-order valence-corrected chi connectivity index (χ3v) is 2.25. The summed E-state index contributed by atoms with van der Waals surface area (Å²) in [6.07, 6.45) is 4.37. The van der Waals surface area contributed by atoms with Crippen molar-refractivity contribution < 1.29 is 8.78 Å². The van der Waals surface area contributed by atoms with Crippen LogP contribution in [-0.2, 0) is 0 Å². The second-order valence-corrected chi connectivity index (χ2v) is 3.80. The zero-order chi connectivity index (χ0) is 13.7. The van der Waals surface area contributed by atoms with Gasteiger partial charge in [-0.1, -0.05) is 27.7 Å². The van der Waals surface area contributed by atoms with Crippen molar-refractivity contribution in [1.29, 1.82) is 0 Å². The van der Waals surface area contributed by atoms with Gasteiger partial charge in [0.1, 0.15) is 5.69 Å². The van der Waals surface area contributed by atoms with Gasteiger partial charge in [-0.05, 0) is 12.0 Å². The minimum absolute atomic E-state index is 0.311. The highest BCUT2D eigenvalue weighted by atomic mass is 19.3. The predicted molar refractivity (Wildman–Crippen MR) is 66.0 cm³/mol. The Morgan fingerprint density at radius 1 is 1.22 bits per heavy atom. The molecule has 0 amide bonds. The van der Waals surface area contributed by atoms with Gasteiger partial charge < -0.3 is 0 Å². The molecule has 0 unspecified atom stereocenters. The SMILES string of the molecule is CC.CC(C)c1ccn(-c2cnn(C(F)F)c2)n1.